The van der Waals surface area contributed by atoms with Crippen LogP contribution in [-0.4, -0.2) is 16.2 Å². The van der Waals surface area contributed by atoms with Gasteiger partial charge in [0.2, 0.25) is 6.29 Å². The molecule has 9 aromatic rings. The van der Waals surface area contributed by atoms with Gasteiger partial charge < -0.3 is 9.88 Å². The Balaban J connectivity index is 1.20. The van der Waals surface area contributed by atoms with Crippen LogP contribution in [0.2, 0.25) is 0 Å². The molecule has 4 nitrogen and oxygen atoms in total. The monoisotopic (exact) mass is 626 g/mol. The minimum absolute atomic E-state index is 0.440. The molecule has 1 unspecified atom stereocenters. The Hall–Kier alpha value is -6.52. The van der Waals surface area contributed by atoms with Crippen LogP contribution in [0.15, 0.2) is 180 Å². The number of benzene rings is 8. The Kier molecular flexibility index (Phi) is 6.21. The Bertz CT molecular complexity index is 2700. The van der Waals surface area contributed by atoms with Gasteiger partial charge in [-0.3, -0.25) is 0 Å². The van der Waals surface area contributed by atoms with Crippen molar-refractivity contribution >= 4 is 65.8 Å². The summed E-state index contributed by atoms with van der Waals surface area (Å²) < 4.78 is 2.36. The van der Waals surface area contributed by atoms with E-state index < -0.39 is 6.29 Å². The number of aliphatic imine (C=N–C) groups is 2. The van der Waals surface area contributed by atoms with E-state index in [1.807, 2.05) is 6.07 Å². The van der Waals surface area contributed by atoms with Gasteiger partial charge in [0.1, 0.15) is 5.84 Å². The second-order valence-electron chi connectivity index (χ2n) is 12.7. The lowest BCUT2D eigenvalue weighted by Gasteiger charge is -2.26. The number of hydrogen-bond acceptors (Lipinski definition) is 3. The van der Waals surface area contributed by atoms with E-state index in [9.17, 15) is 0 Å². The Morgan fingerprint density at radius 2 is 0.878 bits per heavy atom. The molecule has 1 N–H and O–H groups in total. The van der Waals surface area contributed by atoms with E-state index >= 15 is 0 Å². The van der Waals surface area contributed by atoms with Crippen molar-refractivity contribution in [2.45, 2.75) is 6.29 Å². The summed E-state index contributed by atoms with van der Waals surface area (Å²) in [7, 11) is 0. The largest absolute Gasteiger partial charge is 0.331 e. The predicted molar refractivity (Wildman–Crippen MR) is 206 cm³/mol. The van der Waals surface area contributed by atoms with Gasteiger partial charge in [0, 0.05) is 21.9 Å². The first kappa shape index (κ1) is 27.6. The summed E-state index contributed by atoms with van der Waals surface area (Å²) in [5.74, 6) is 1.49. The topological polar surface area (TPSA) is 41.7 Å². The molecule has 0 spiro atoms. The maximum atomic E-state index is 5.38. The molecule has 49 heavy (non-hydrogen) atoms. The average Bonchev–Trinajstić information content (AvgIpc) is 3.47. The lowest BCUT2D eigenvalue weighted by molar-refractivity contribution is 0.516. The quantitative estimate of drug-likeness (QED) is 0.207. The number of nitrogens with zero attached hydrogens (tertiary/aromatic N) is 3. The standard InChI is InChI=1S/C45H30N4/c1-2-10-29(11-3-1)31-18-21-32(22-19-31)43-46-44(38-23-20-30-12-4-5-13-33(30)24-38)48-45(47-43)49-41-27-36-16-8-6-14-34(36)25-39(41)40-26-35-15-7-9-17-37(35)28-42(40)49/h1-28,45H,(H,46,47,48). The zero-order valence-electron chi connectivity index (χ0n) is 26.6. The van der Waals surface area contributed by atoms with Crippen LogP contribution in [-0.2, 0) is 0 Å². The number of hydrogen-bond donors (Lipinski definition) is 1. The molecule has 4 heteroatoms. The lowest BCUT2D eigenvalue weighted by Crippen LogP contribution is -2.36. The van der Waals surface area contributed by atoms with E-state index in [2.05, 4.69) is 174 Å². The van der Waals surface area contributed by atoms with Crippen molar-refractivity contribution in [1.29, 1.82) is 0 Å². The van der Waals surface area contributed by atoms with Crippen LogP contribution in [0, 0.1) is 0 Å². The van der Waals surface area contributed by atoms with Gasteiger partial charge >= 0.3 is 0 Å². The van der Waals surface area contributed by atoms with Gasteiger partial charge in [-0.2, -0.15) is 0 Å². The first-order valence-electron chi connectivity index (χ1n) is 16.7. The molecule has 0 saturated heterocycles. The van der Waals surface area contributed by atoms with Crippen molar-refractivity contribution in [3.8, 4) is 11.1 Å². The SMILES string of the molecule is c1ccc(-c2ccc(C3=NC(c4ccc5ccccc5c4)=NC(n4c5cc6ccccc6cc5c5cc6ccccc6cc54)N3)cc2)cc1. The van der Waals surface area contributed by atoms with Gasteiger partial charge in [0.15, 0.2) is 5.84 Å². The maximum absolute atomic E-state index is 5.38. The van der Waals surface area contributed by atoms with E-state index in [1.54, 1.807) is 0 Å². The Morgan fingerprint density at radius 1 is 0.408 bits per heavy atom. The summed E-state index contributed by atoms with van der Waals surface area (Å²) >= 11 is 0. The van der Waals surface area contributed by atoms with Gasteiger partial charge in [0.05, 0.1) is 11.0 Å². The summed E-state index contributed by atoms with van der Waals surface area (Å²) in [4.78, 5) is 10.6. The predicted octanol–water partition coefficient (Wildman–Crippen LogP) is 10.9. The van der Waals surface area contributed by atoms with Crippen molar-refractivity contribution in [1.82, 2.24) is 9.88 Å². The summed E-state index contributed by atoms with van der Waals surface area (Å²) in [6.07, 6.45) is -0.440. The minimum Gasteiger partial charge on any atom is -0.331 e. The second-order valence-corrected chi connectivity index (χ2v) is 12.7. The molecule has 8 aromatic carbocycles. The fourth-order valence-electron chi connectivity index (χ4n) is 7.31. The summed E-state index contributed by atoms with van der Waals surface area (Å²) in [6.45, 7) is 0. The highest BCUT2D eigenvalue weighted by molar-refractivity contribution is 6.17. The molecule has 0 fully saturated rings. The van der Waals surface area contributed by atoms with Crippen LogP contribution in [0.25, 0.3) is 65.3 Å². The van der Waals surface area contributed by atoms with Crippen molar-refractivity contribution in [3.63, 3.8) is 0 Å². The van der Waals surface area contributed by atoms with Crippen LogP contribution in [0.1, 0.15) is 17.4 Å². The molecule has 0 radical (unpaired) electrons. The van der Waals surface area contributed by atoms with Crippen molar-refractivity contribution < 1.29 is 0 Å². The number of amidine groups is 2. The Labute approximate surface area is 283 Å². The molecule has 1 aliphatic rings. The van der Waals surface area contributed by atoms with E-state index in [0.717, 1.165) is 33.4 Å². The highest BCUT2D eigenvalue weighted by Gasteiger charge is 2.25. The fraction of sp³-hybridized carbons (Fsp3) is 0.0222. The van der Waals surface area contributed by atoms with Crippen LogP contribution >= 0.6 is 0 Å². The molecule has 1 aliphatic heterocycles. The molecule has 0 saturated carbocycles. The van der Waals surface area contributed by atoms with Crippen LogP contribution in [0.4, 0.5) is 0 Å². The van der Waals surface area contributed by atoms with E-state index in [1.165, 1.54) is 48.8 Å². The molecule has 10 rings (SSSR count). The summed E-state index contributed by atoms with van der Waals surface area (Å²) in [5, 5.41) is 13.4. The van der Waals surface area contributed by atoms with Crippen molar-refractivity contribution in [3.05, 3.63) is 181 Å². The number of fused-ring (bicyclic) bond motifs is 6. The minimum atomic E-state index is -0.440. The molecule has 0 aliphatic carbocycles. The maximum Gasteiger partial charge on any atom is 0.204 e. The van der Waals surface area contributed by atoms with E-state index in [4.69, 9.17) is 9.98 Å². The highest BCUT2D eigenvalue weighted by atomic mass is 15.3. The molecular weight excluding hydrogens is 597 g/mol. The average molecular weight is 627 g/mol. The molecule has 230 valence electrons. The number of aromatic nitrogens is 1. The van der Waals surface area contributed by atoms with Crippen LogP contribution in [0.3, 0.4) is 0 Å². The molecule has 1 aromatic heterocycles. The van der Waals surface area contributed by atoms with Gasteiger partial charge in [0.25, 0.3) is 0 Å². The molecule has 1 atom stereocenters. The first-order chi connectivity index (χ1) is 24.2. The van der Waals surface area contributed by atoms with Gasteiger partial charge in [-0.05, 0) is 73.8 Å². The first-order valence-corrected chi connectivity index (χ1v) is 16.7. The van der Waals surface area contributed by atoms with Gasteiger partial charge in [-0.25, -0.2) is 9.98 Å². The molecule has 0 bridgehead atoms. The normalized spacial score (nSPS) is 14.7. The van der Waals surface area contributed by atoms with Crippen LogP contribution in [0.5, 0.6) is 0 Å². The summed E-state index contributed by atoms with van der Waals surface area (Å²) in [5.41, 5.74) is 6.61. The van der Waals surface area contributed by atoms with Gasteiger partial charge in [-0.1, -0.05) is 140 Å². The van der Waals surface area contributed by atoms with E-state index in [0.29, 0.717) is 5.84 Å². The summed E-state index contributed by atoms with van der Waals surface area (Å²) in [6, 6.07) is 60.5. The molecule has 2 heterocycles. The van der Waals surface area contributed by atoms with Crippen molar-refractivity contribution in [2.24, 2.45) is 9.98 Å². The molecular formula is C45H30N4. The third-order valence-electron chi connectivity index (χ3n) is 9.78. The third-order valence-corrected chi connectivity index (χ3v) is 9.78. The smallest absolute Gasteiger partial charge is 0.204 e. The lowest BCUT2D eigenvalue weighted by atomic mass is 10.0. The fourth-order valence-corrected chi connectivity index (χ4v) is 7.31. The second kappa shape index (κ2) is 11.0. The van der Waals surface area contributed by atoms with Crippen molar-refractivity contribution in [2.75, 3.05) is 0 Å². The van der Waals surface area contributed by atoms with E-state index in [-0.39, 0.29) is 0 Å². The zero-order chi connectivity index (χ0) is 32.3. The number of nitrogens with one attached hydrogen (secondary N) is 1. The molecule has 0 amide bonds. The highest BCUT2D eigenvalue weighted by Crippen LogP contribution is 2.38. The van der Waals surface area contributed by atoms with Gasteiger partial charge in [-0.15, -0.1) is 0 Å². The Morgan fingerprint density at radius 3 is 1.49 bits per heavy atom. The number of rotatable bonds is 4. The zero-order valence-corrected chi connectivity index (χ0v) is 26.6. The third kappa shape index (κ3) is 4.68. The van der Waals surface area contributed by atoms with Crippen LogP contribution < -0.4 is 5.32 Å².